The number of rotatable bonds is 8. The molecule has 0 atom stereocenters. The Hall–Kier alpha value is -2.38. The molecule has 0 aliphatic carbocycles. The lowest BCUT2D eigenvalue weighted by Crippen LogP contribution is -2.36. The number of nitrogens with one attached hydrogen (secondary N) is 3. The molecule has 7 heteroatoms. The van der Waals surface area contributed by atoms with Crippen molar-refractivity contribution in [1.29, 1.82) is 0 Å². The van der Waals surface area contributed by atoms with E-state index in [4.69, 9.17) is 0 Å². The van der Waals surface area contributed by atoms with Crippen LogP contribution in [0.5, 0.6) is 0 Å². The molecule has 0 fully saturated rings. The molecule has 0 bridgehead atoms. The number of aryl methyl sites for hydroxylation is 1. The van der Waals surface area contributed by atoms with Gasteiger partial charge in [-0.1, -0.05) is 48.5 Å². The zero-order valence-corrected chi connectivity index (χ0v) is 16.9. The number of hydrogen-bond donors (Lipinski definition) is 3. The molecule has 0 saturated carbocycles. The zero-order valence-electron chi connectivity index (χ0n) is 16.1. The molecule has 2 aromatic carbocycles. The van der Waals surface area contributed by atoms with Crippen LogP contribution in [0.15, 0.2) is 53.5 Å². The van der Waals surface area contributed by atoms with Crippen molar-refractivity contribution in [2.45, 2.75) is 32.7 Å². The predicted molar refractivity (Wildman–Crippen MR) is 111 cm³/mol. The van der Waals surface area contributed by atoms with Gasteiger partial charge < -0.3 is 10.6 Å². The van der Waals surface area contributed by atoms with E-state index in [1.165, 1.54) is 18.2 Å². The summed E-state index contributed by atoms with van der Waals surface area (Å²) in [6.45, 7) is 6.04. The molecular formula is C20H28N4O2S. The molecule has 146 valence electrons. The van der Waals surface area contributed by atoms with Gasteiger partial charge in [0.15, 0.2) is 5.96 Å². The summed E-state index contributed by atoms with van der Waals surface area (Å²) in [5, 5.41) is 6.58. The SMILES string of the molecule is CCNC(=NCc1cccc(CS(=O)(=O)NC)c1)NCc1ccccc1C. The van der Waals surface area contributed by atoms with Gasteiger partial charge in [0.1, 0.15) is 0 Å². The Morgan fingerprint density at radius 1 is 1.04 bits per heavy atom. The lowest BCUT2D eigenvalue weighted by atomic mass is 10.1. The summed E-state index contributed by atoms with van der Waals surface area (Å²) in [7, 11) is -1.86. The highest BCUT2D eigenvalue weighted by Gasteiger charge is 2.08. The Morgan fingerprint density at radius 3 is 2.48 bits per heavy atom. The Labute approximate surface area is 162 Å². The zero-order chi connectivity index (χ0) is 19.7. The summed E-state index contributed by atoms with van der Waals surface area (Å²) in [6.07, 6.45) is 0. The van der Waals surface area contributed by atoms with E-state index in [0.29, 0.717) is 13.1 Å². The number of sulfonamides is 1. The Balaban J connectivity index is 2.04. The van der Waals surface area contributed by atoms with Crippen LogP contribution in [0.4, 0.5) is 0 Å². The summed E-state index contributed by atoms with van der Waals surface area (Å²) in [5.74, 6) is 0.695. The van der Waals surface area contributed by atoms with Gasteiger partial charge in [0.25, 0.3) is 0 Å². The van der Waals surface area contributed by atoms with Gasteiger partial charge in [0.2, 0.25) is 10.0 Å². The largest absolute Gasteiger partial charge is 0.357 e. The van der Waals surface area contributed by atoms with Crippen molar-refractivity contribution in [2.24, 2.45) is 4.99 Å². The summed E-state index contributed by atoms with van der Waals surface area (Å²) < 4.78 is 25.8. The molecule has 0 heterocycles. The fourth-order valence-corrected chi connectivity index (χ4v) is 3.37. The number of guanidine groups is 1. The van der Waals surface area contributed by atoms with Crippen LogP contribution >= 0.6 is 0 Å². The molecular weight excluding hydrogens is 360 g/mol. The van der Waals surface area contributed by atoms with Gasteiger partial charge in [-0.15, -0.1) is 0 Å². The monoisotopic (exact) mass is 388 g/mol. The van der Waals surface area contributed by atoms with Crippen LogP contribution in [0.2, 0.25) is 0 Å². The fraction of sp³-hybridized carbons (Fsp3) is 0.350. The van der Waals surface area contributed by atoms with Gasteiger partial charge in [0.05, 0.1) is 12.3 Å². The van der Waals surface area contributed by atoms with Crippen LogP contribution in [0.1, 0.15) is 29.2 Å². The van der Waals surface area contributed by atoms with Crippen molar-refractivity contribution in [2.75, 3.05) is 13.6 Å². The summed E-state index contributed by atoms with van der Waals surface area (Å²) in [6, 6.07) is 15.7. The molecule has 0 unspecified atom stereocenters. The summed E-state index contributed by atoms with van der Waals surface area (Å²) in [4.78, 5) is 4.62. The summed E-state index contributed by atoms with van der Waals surface area (Å²) >= 11 is 0. The van der Waals surface area contributed by atoms with Crippen LogP contribution in [0, 0.1) is 6.92 Å². The van der Waals surface area contributed by atoms with E-state index in [1.807, 2.05) is 43.3 Å². The lowest BCUT2D eigenvalue weighted by Gasteiger charge is -2.13. The summed E-state index contributed by atoms with van der Waals surface area (Å²) in [5.41, 5.74) is 4.17. The smallest absolute Gasteiger partial charge is 0.215 e. The highest BCUT2D eigenvalue weighted by Crippen LogP contribution is 2.10. The average Bonchev–Trinajstić information content (AvgIpc) is 2.65. The van der Waals surface area contributed by atoms with Gasteiger partial charge in [-0.25, -0.2) is 18.1 Å². The van der Waals surface area contributed by atoms with Gasteiger partial charge in [0, 0.05) is 13.1 Å². The van der Waals surface area contributed by atoms with Crippen LogP contribution in [-0.2, 0) is 28.9 Å². The van der Waals surface area contributed by atoms with Gasteiger partial charge in [-0.05, 0) is 43.1 Å². The van der Waals surface area contributed by atoms with Gasteiger partial charge in [-0.2, -0.15) is 0 Å². The van der Waals surface area contributed by atoms with E-state index < -0.39 is 10.0 Å². The van der Waals surface area contributed by atoms with Crippen molar-refractivity contribution in [1.82, 2.24) is 15.4 Å². The highest BCUT2D eigenvalue weighted by molar-refractivity contribution is 7.88. The van der Waals surface area contributed by atoms with E-state index >= 15 is 0 Å². The second-order valence-electron chi connectivity index (χ2n) is 6.26. The Morgan fingerprint density at radius 2 is 1.78 bits per heavy atom. The third kappa shape index (κ3) is 7.03. The first-order valence-electron chi connectivity index (χ1n) is 8.99. The average molecular weight is 389 g/mol. The molecule has 0 amide bonds. The molecule has 0 radical (unpaired) electrons. The van der Waals surface area contributed by atoms with Crippen molar-refractivity contribution in [3.05, 3.63) is 70.8 Å². The van der Waals surface area contributed by atoms with Crippen LogP contribution in [0.25, 0.3) is 0 Å². The minimum atomic E-state index is -3.28. The minimum Gasteiger partial charge on any atom is -0.357 e. The van der Waals surface area contributed by atoms with Crippen LogP contribution in [-0.4, -0.2) is 28.0 Å². The highest BCUT2D eigenvalue weighted by atomic mass is 32.2. The molecule has 3 N–H and O–H groups in total. The lowest BCUT2D eigenvalue weighted by molar-refractivity contribution is 0.587. The van der Waals surface area contributed by atoms with Gasteiger partial charge in [-0.3, -0.25) is 0 Å². The third-order valence-electron chi connectivity index (χ3n) is 4.13. The molecule has 0 aliphatic heterocycles. The van der Waals surface area contributed by atoms with Crippen molar-refractivity contribution < 1.29 is 8.42 Å². The number of aliphatic imine (C=N–C) groups is 1. The molecule has 2 aromatic rings. The predicted octanol–water partition coefficient (Wildman–Crippen LogP) is 2.30. The van der Waals surface area contributed by atoms with E-state index in [1.54, 1.807) is 0 Å². The maximum atomic E-state index is 11.7. The van der Waals surface area contributed by atoms with Crippen molar-refractivity contribution in [3.63, 3.8) is 0 Å². The van der Waals surface area contributed by atoms with Gasteiger partial charge >= 0.3 is 0 Å². The molecule has 0 aromatic heterocycles. The molecule has 0 saturated heterocycles. The number of nitrogens with zero attached hydrogens (tertiary/aromatic N) is 1. The standard InChI is InChI=1S/C20H28N4O2S/c1-4-22-20(24-14-19-11-6-5-8-16(19)2)23-13-17-9-7-10-18(12-17)15-27(25,26)21-3/h5-12,21H,4,13-15H2,1-3H3,(H2,22,23,24). The van der Waals surface area contributed by atoms with E-state index in [2.05, 4.69) is 39.4 Å². The fourth-order valence-electron chi connectivity index (χ4n) is 2.61. The third-order valence-corrected chi connectivity index (χ3v) is 5.47. The first-order chi connectivity index (χ1) is 12.9. The first-order valence-corrected chi connectivity index (χ1v) is 10.6. The van der Waals surface area contributed by atoms with Crippen molar-refractivity contribution >= 4 is 16.0 Å². The normalized spacial score (nSPS) is 12.0. The second kappa shape index (κ2) is 10.1. The minimum absolute atomic E-state index is 0.0351. The van der Waals surface area contributed by atoms with Crippen LogP contribution < -0.4 is 15.4 Å². The van der Waals surface area contributed by atoms with Crippen LogP contribution in [0.3, 0.4) is 0 Å². The maximum absolute atomic E-state index is 11.7. The second-order valence-corrected chi connectivity index (χ2v) is 8.18. The number of benzene rings is 2. The van der Waals surface area contributed by atoms with Crippen molar-refractivity contribution in [3.8, 4) is 0 Å². The topological polar surface area (TPSA) is 82.6 Å². The Bertz CT molecular complexity index is 879. The van der Waals surface area contributed by atoms with E-state index in [-0.39, 0.29) is 5.75 Å². The Kier molecular flexibility index (Phi) is 7.82. The maximum Gasteiger partial charge on any atom is 0.215 e. The molecule has 0 spiro atoms. The molecule has 6 nitrogen and oxygen atoms in total. The first kappa shape index (κ1) is 20.9. The number of hydrogen-bond acceptors (Lipinski definition) is 3. The van der Waals surface area contributed by atoms with E-state index in [9.17, 15) is 8.42 Å². The molecule has 0 aliphatic rings. The quantitative estimate of drug-likeness (QED) is 0.479. The molecule has 2 rings (SSSR count). The van der Waals surface area contributed by atoms with E-state index in [0.717, 1.165) is 23.6 Å². The molecule has 27 heavy (non-hydrogen) atoms.